The molecule has 0 heterocycles. The largest absolute Gasteiger partial charge is 0.0654 e. The Kier molecular flexibility index (Phi) is 5.25. The number of aryl methyl sites for hydroxylation is 1. The van der Waals surface area contributed by atoms with E-state index >= 15 is 0 Å². The maximum Gasteiger partial charge on any atom is 0.0181 e. The Bertz CT molecular complexity index is 502. The average Bonchev–Trinajstić information content (AvgIpc) is 2.38. The number of rotatable bonds is 6. The van der Waals surface area contributed by atoms with Gasteiger partial charge in [0.2, 0.25) is 0 Å². The van der Waals surface area contributed by atoms with Gasteiger partial charge in [0.05, 0.1) is 0 Å². The second kappa shape index (κ2) is 6.94. The van der Waals surface area contributed by atoms with Gasteiger partial charge < -0.3 is 0 Å². The van der Waals surface area contributed by atoms with E-state index in [0.717, 1.165) is 4.47 Å². The van der Waals surface area contributed by atoms with Crippen LogP contribution >= 0.6 is 15.9 Å². The van der Waals surface area contributed by atoms with Crippen molar-refractivity contribution < 1.29 is 0 Å². The maximum absolute atomic E-state index is 3.52. The molecule has 0 aliphatic rings. The van der Waals surface area contributed by atoms with Crippen LogP contribution in [0.25, 0.3) is 10.8 Å². The van der Waals surface area contributed by atoms with E-state index in [1.165, 1.54) is 54.9 Å². The van der Waals surface area contributed by atoms with Gasteiger partial charge in [-0.15, -0.1) is 0 Å². The molecule has 18 heavy (non-hydrogen) atoms. The molecule has 0 aliphatic heterocycles. The normalized spacial score (nSPS) is 11.0. The van der Waals surface area contributed by atoms with E-state index < -0.39 is 0 Å². The van der Waals surface area contributed by atoms with Crippen molar-refractivity contribution in [3.63, 3.8) is 0 Å². The second-order valence-electron chi connectivity index (χ2n) is 4.99. The molecule has 0 nitrogen and oxygen atoms in total. The minimum Gasteiger partial charge on any atom is -0.0654 e. The average molecular weight is 305 g/mol. The van der Waals surface area contributed by atoms with Crippen LogP contribution in [0.1, 0.15) is 44.6 Å². The van der Waals surface area contributed by atoms with Crippen LogP contribution in [0.15, 0.2) is 40.9 Å². The second-order valence-corrected chi connectivity index (χ2v) is 5.91. The van der Waals surface area contributed by atoms with Crippen LogP contribution in [0.4, 0.5) is 0 Å². The zero-order chi connectivity index (χ0) is 12.8. The summed E-state index contributed by atoms with van der Waals surface area (Å²) in [5, 5.41) is 2.67. The topological polar surface area (TPSA) is 0 Å². The first-order valence-corrected chi connectivity index (χ1v) is 7.77. The molecule has 0 spiro atoms. The Morgan fingerprint density at radius 1 is 0.833 bits per heavy atom. The Hall–Kier alpha value is -0.820. The summed E-state index contributed by atoms with van der Waals surface area (Å²) in [6, 6.07) is 13.3. The molecule has 0 unspecified atom stereocenters. The third-order valence-electron chi connectivity index (χ3n) is 3.44. The smallest absolute Gasteiger partial charge is 0.0181 e. The highest BCUT2D eigenvalue weighted by molar-refractivity contribution is 9.10. The first kappa shape index (κ1) is 13.6. The fourth-order valence-corrected chi connectivity index (χ4v) is 2.73. The highest BCUT2D eigenvalue weighted by Gasteiger charge is 1.98. The highest BCUT2D eigenvalue weighted by atomic mass is 79.9. The Balaban J connectivity index is 1.95. The lowest BCUT2D eigenvalue weighted by atomic mass is 10.0. The number of hydrogen-bond donors (Lipinski definition) is 0. The summed E-state index contributed by atoms with van der Waals surface area (Å²) in [5.74, 6) is 0. The molecule has 2 aromatic carbocycles. The van der Waals surface area contributed by atoms with E-state index in [-0.39, 0.29) is 0 Å². The summed E-state index contributed by atoms with van der Waals surface area (Å²) in [4.78, 5) is 0. The zero-order valence-corrected chi connectivity index (χ0v) is 12.7. The van der Waals surface area contributed by atoms with E-state index in [1.807, 2.05) is 0 Å². The molecule has 0 saturated heterocycles. The Morgan fingerprint density at radius 2 is 1.56 bits per heavy atom. The number of fused-ring (bicyclic) bond motifs is 1. The van der Waals surface area contributed by atoms with Crippen molar-refractivity contribution in [2.75, 3.05) is 0 Å². The van der Waals surface area contributed by atoms with Crippen LogP contribution in [0.5, 0.6) is 0 Å². The molecule has 0 aromatic heterocycles. The zero-order valence-electron chi connectivity index (χ0n) is 11.1. The van der Waals surface area contributed by atoms with Gasteiger partial charge in [-0.1, -0.05) is 72.8 Å². The van der Waals surface area contributed by atoms with E-state index in [0.29, 0.717) is 0 Å². The van der Waals surface area contributed by atoms with Gasteiger partial charge >= 0.3 is 0 Å². The third-order valence-corrected chi connectivity index (χ3v) is 3.93. The van der Waals surface area contributed by atoms with Crippen LogP contribution < -0.4 is 0 Å². The van der Waals surface area contributed by atoms with E-state index in [2.05, 4.69) is 59.3 Å². The number of unbranched alkanes of at least 4 members (excludes halogenated alkanes) is 4. The first-order valence-electron chi connectivity index (χ1n) is 6.98. The molecular formula is C17H21Br. The summed E-state index contributed by atoms with van der Waals surface area (Å²) in [6.07, 6.45) is 8.00. The molecular weight excluding hydrogens is 284 g/mol. The maximum atomic E-state index is 3.52. The van der Waals surface area contributed by atoms with E-state index in [1.54, 1.807) is 0 Å². The van der Waals surface area contributed by atoms with Crippen LogP contribution in [-0.2, 0) is 6.42 Å². The van der Waals surface area contributed by atoms with Gasteiger partial charge in [0.1, 0.15) is 0 Å². The molecule has 0 fully saturated rings. The van der Waals surface area contributed by atoms with Crippen molar-refractivity contribution in [2.24, 2.45) is 0 Å². The molecule has 0 amide bonds. The van der Waals surface area contributed by atoms with Gasteiger partial charge in [-0.05, 0) is 41.3 Å². The van der Waals surface area contributed by atoms with Crippen LogP contribution in [-0.4, -0.2) is 0 Å². The molecule has 0 saturated carbocycles. The molecule has 0 N–H and O–H groups in total. The molecule has 0 aliphatic carbocycles. The fourth-order valence-electron chi connectivity index (χ4n) is 2.35. The number of benzene rings is 2. The van der Waals surface area contributed by atoms with Crippen LogP contribution in [0.3, 0.4) is 0 Å². The quantitative estimate of drug-likeness (QED) is 0.564. The molecule has 2 aromatic rings. The summed E-state index contributed by atoms with van der Waals surface area (Å²) in [7, 11) is 0. The van der Waals surface area contributed by atoms with Gasteiger partial charge in [0, 0.05) is 4.47 Å². The summed E-state index contributed by atoms with van der Waals surface area (Å²) >= 11 is 3.52. The SMILES string of the molecule is CCCCCCCc1ccc2cc(Br)ccc2c1. The minimum absolute atomic E-state index is 1.15. The molecule has 2 rings (SSSR count). The van der Waals surface area contributed by atoms with Gasteiger partial charge in [-0.2, -0.15) is 0 Å². The van der Waals surface area contributed by atoms with Crippen molar-refractivity contribution in [3.8, 4) is 0 Å². The fraction of sp³-hybridized carbons (Fsp3) is 0.412. The molecule has 0 bridgehead atoms. The van der Waals surface area contributed by atoms with E-state index in [9.17, 15) is 0 Å². The lowest BCUT2D eigenvalue weighted by Crippen LogP contribution is -1.86. The summed E-state index contributed by atoms with van der Waals surface area (Å²) in [6.45, 7) is 2.27. The Morgan fingerprint density at radius 3 is 2.39 bits per heavy atom. The van der Waals surface area contributed by atoms with Crippen molar-refractivity contribution in [3.05, 3.63) is 46.4 Å². The van der Waals surface area contributed by atoms with Crippen molar-refractivity contribution in [1.29, 1.82) is 0 Å². The summed E-state index contributed by atoms with van der Waals surface area (Å²) < 4.78 is 1.15. The molecule has 1 heteroatoms. The van der Waals surface area contributed by atoms with Gasteiger partial charge in [-0.3, -0.25) is 0 Å². The predicted molar refractivity (Wildman–Crippen MR) is 84.1 cm³/mol. The molecule has 96 valence electrons. The molecule has 0 atom stereocenters. The lowest BCUT2D eigenvalue weighted by molar-refractivity contribution is 0.632. The Labute approximate surface area is 119 Å². The van der Waals surface area contributed by atoms with Crippen molar-refractivity contribution in [2.45, 2.75) is 45.4 Å². The van der Waals surface area contributed by atoms with Crippen molar-refractivity contribution in [1.82, 2.24) is 0 Å². The highest BCUT2D eigenvalue weighted by Crippen LogP contribution is 2.21. The first-order chi connectivity index (χ1) is 8.79. The van der Waals surface area contributed by atoms with Crippen molar-refractivity contribution >= 4 is 26.7 Å². The van der Waals surface area contributed by atoms with Gasteiger partial charge in [0.25, 0.3) is 0 Å². The van der Waals surface area contributed by atoms with Gasteiger partial charge in [0.15, 0.2) is 0 Å². The number of halogens is 1. The van der Waals surface area contributed by atoms with Gasteiger partial charge in [-0.25, -0.2) is 0 Å². The standard InChI is InChI=1S/C17H21Br/c1-2-3-4-5-6-7-14-8-9-16-13-17(18)11-10-15(16)12-14/h8-13H,2-7H2,1H3. The van der Waals surface area contributed by atoms with E-state index in [4.69, 9.17) is 0 Å². The van der Waals surface area contributed by atoms with Crippen LogP contribution in [0.2, 0.25) is 0 Å². The predicted octanol–water partition coefficient (Wildman–Crippen LogP) is 6.12. The molecule has 0 radical (unpaired) electrons. The lowest BCUT2D eigenvalue weighted by Gasteiger charge is -2.04. The monoisotopic (exact) mass is 304 g/mol. The minimum atomic E-state index is 1.15. The summed E-state index contributed by atoms with van der Waals surface area (Å²) in [5.41, 5.74) is 1.47. The number of hydrogen-bond acceptors (Lipinski definition) is 0. The third kappa shape index (κ3) is 3.84. The van der Waals surface area contributed by atoms with Crippen LogP contribution in [0, 0.1) is 0 Å².